The van der Waals surface area contributed by atoms with E-state index in [1.165, 1.54) is 34.5 Å². The van der Waals surface area contributed by atoms with Crippen LogP contribution in [0.2, 0.25) is 0 Å². The van der Waals surface area contributed by atoms with Gasteiger partial charge in [-0.1, -0.05) is 42.5 Å². The van der Waals surface area contributed by atoms with Gasteiger partial charge in [-0.2, -0.15) is 0 Å². The van der Waals surface area contributed by atoms with Crippen LogP contribution in [-0.2, 0) is 6.54 Å². The van der Waals surface area contributed by atoms with Crippen molar-refractivity contribution >= 4 is 22.4 Å². The number of hydrogen-bond donors (Lipinski definition) is 1. The van der Waals surface area contributed by atoms with E-state index in [1.54, 1.807) is 4.90 Å². The highest BCUT2D eigenvalue weighted by Crippen LogP contribution is 2.27. The Morgan fingerprint density at radius 2 is 1.72 bits per heavy atom. The van der Waals surface area contributed by atoms with E-state index in [1.807, 2.05) is 12.1 Å². The predicted octanol–water partition coefficient (Wildman–Crippen LogP) is 3.41. The first-order chi connectivity index (χ1) is 14.0. The second kappa shape index (κ2) is 7.89. The zero-order chi connectivity index (χ0) is 20.4. The molecule has 148 valence electrons. The largest absolute Gasteiger partial charge is 0.502 e. The Hall–Kier alpha value is -3.45. The lowest BCUT2D eigenvalue weighted by Crippen LogP contribution is -2.48. The molecular weight excluding hydrogens is 370 g/mol. The minimum atomic E-state index is -0.671. The third-order valence-corrected chi connectivity index (χ3v) is 5.35. The van der Waals surface area contributed by atoms with E-state index < -0.39 is 16.4 Å². The maximum atomic E-state index is 12.7. The molecule has 3 aromatic carbocycles. The topological polar surface area (TPSA) is 86.9 Å². The van der Waals surface area contributed by atoms with Crippen LogP contribution in [0.5, 0.6) is 5.75 Å². The van der Waals surface area contributed by atoms with Crippen molar-refractivity contribution in [2.45, 2.75) is 6.54 Å². The number of phenolic OH excluding ortho intramolecular Hbond substituents is 1. The van der Waals surface area contributed by atoms with Crippen molar-refractivity contribution in [3.8, 4) is 5.75 Å². The molecule has 7 nitrogen and oxygen atoms in total. The van der Waals surface area contributed by atoms with Gasteiger partial charge in [0.15, 0.2) is 5.75 Å². The number of carbonyl (C=O) groups is 1. The van der Waals surface area contributed by atoms with Crippen LogP contribution in [0.1, 0.15) is 15.9 Å². The maximum Gasteiger partial charge on any atom is 0.310 e. The highest BCUT2D eigenvalue weighted by Gasteiger charge is 2.24. The van der Waals surface area contributed by atoms with Gasteiger partial charge in [0.2, 0.25) is 0 Å². The molecule has 1 saturated heterocycles. The molecule has 1 fully saturated rings. The number of piperazine rings is 1. The fraction of sp³-hybridized carbons (Fsp3) is 0.227. The van der Waals surface area contributed by atoms with Gasteiger partial charge in [-0.15, -0.1) is 0 Å². The SMILES string of the molecule is O=C(c1ccc([N+](=O)[O-])c(O)c1)N1CCN(Cc2cccc3ccccc23)CC1. The summed E-state index contributed by atoms with van der Waals surface area (Å²) in [6.07, 6.45) is 0. The lowest BCUT2D eigenvalue weighted by Gasteiger charge is -2.35. The van der Waals surface area contributed by atoms with Crippen molar-refractivity contribution in [3.05, 3.63) is 81.9 Å². The van der Waals surface area contributed by atoms with Crippen molar-refractivity contribution in [1.29, 1.82) is 0 Å². The Morgan fingerprint density at radius 3 is 2.45 bits per heavy atom. The summed E-state index contributed by atoms with van der Waals surface area (Å²) >= 11 is 0. The van der Waals surface area contributed by atoms with Crippen molar-refractivity contribution < 1.29 is 14.8 Å². The van der Waals surface area contributed by atoms with Crippen LogP contribution in [0.15, 0.2) is 60.7 Å². The number of amides is 1. The van der Waals surface area contributed by atoms with Gasteiger partial charge in [0.1, 0.15) is 0 Å². The summed E-state index contributed by atoms with van der Waals surface area (Å²) in [5.74, 6) is -0.713. The van der Waals surface area contributed by atoms with Crippen molar-refractivity contribution in [2.24, 2.45) is 0 Å². The quantitative estimate of drug-likeness (QED) is 0.544. The van der Waals surface area contributed by atoms with Crippen LogP contribution >= 0.6 is 0 Å². The molecule has 0 unspecified atom stereocenters. The third kappa shape index (κ3) is 3.90. The Labute approximate surface area is 167 Å². The van der Waals surface area contributed by atoms with Crippen molar-refractivity contribution in [3.63, 3.8) is 0 Å². The lowest BCUT2D eigenvalue weighted by atomic mass is 10.0. The second-order valence-corrected chi connectivity index (χ2v) is 7.17. The molecule has 0 aromatic heterocycles. The number of nitro groups is 1. The number of nitro benzene ring substituents is 1. The molecule has 0 radical (unpaired) electrons. The molecule has 1 aliphatic heterocycles. The number of nitrogens with zero attached hydrogens (tertiary/aromatic N) is 3. The van der Waals surface area contributed by atoms with E-state index in [4.69, 9.17) is 0 Å². The smallest absolute Gasteiger partial charge is 0.310 e. The molecule has 1 amide bonds. The fourth-order valence-electron chi connectivity index (χ4n) is 3.77. The van der Waals surface area contributed by atoms with Crippen LogP contribution in [0.25, 0.3) is 10.8 Å². The first kappa shape index (κ1) is 18.9. The predicted molar refractivity (Wildman–Crippen MR) is 110 cm³/mol. The van der Waals surface area contributed by atoms with Gasteiger partial charge in [-0.05, 0) is 28.5 Å². The van der Waals surface area contributed by atoms with E-state index in [0.29, 0.717) is 13.1 Å². The van der Waals surface area contributed by atoms with Crippen LogP contribution in [0.3, 0.4) is 0 Å². The molecule has 0 atom stereocenters. The van der Waals surface area contributed by atoms with Gasteiger partial charge >= 0.3 is 5.69 Å². The molecule has 0 saturated carbocycles. The van der Waals surface area contributed by atoms with Gasteiger partial charge in [0.25, 0.3) is 5.91 Å². The third-order valence-electron chi connectivity index (χ3n) is 5.35. The molecule has 1 aliphatic rings. The first-order valence-electron chi connectivity index (χ1n) is 9.48. The Kier molecular flexibility index (Phi) is 5.14. The zero-order valence-electron chi connectivity index (χ0n) is 15.8. The van der Waals surface area contributed by atoms with Crippen molar-refractivity contribution in [2.75, 3.05) is 26.2 Å². The minimum absolute atomic E-state index is 0.222. The van der Waals surface area contributed by atoms with E-state index >= 15 is 0 Å². The molecule has 29 heavy (non-hydrogen) atoms. The monoisotopic (exact) mass is 391 g/mol. The normalized spacial score (nSPS) is 14.8. The minimum Gasteiger partial charge on any atom is -0.502 e. The highest BCUT2D eigenvalue weighted by molar-refractivity contribution is 5.95. The summed E-state index contributed by atoms with van der Waals surface area (Å²) in [7, 11) is 0. The molecule has 1 heterocycles. The molecule has 0 aliphatic carbocycles. The van der Waals surface area contributed by atoms with Crippen molar-refractivity contribution in [1.82, 2.24) is 9.80 Å². The highest BCUT2D eigenvalue weighted by atomic mass is 16.6. The van der Waals surface area contributed by atoms with Gasteiger partial charge in [0.05, 0.1) is 4.92 Å². The second-order valence-electron chi connectivity index (χ2n) is 7.17. The average molecular weight is 391 g/mol. The number of hydrogen-bond acceptors (Lipinski definition) is 5. The molecular formula is C22H21N3O4. The number of phenols is 1. The van der Waals surface area contributed by atoms with E-state index in [-0.39, 0.29) is 11.5 Å². The zero-order valence-corrected chi connectivity index (χ0v) is 15.8. The Bertz CT molecular complexity index is 1070. The van der Waals surface area contributed by atoms with E-state index in [0.717, 1.165) is 19.6 Å². The Balaban J connectivity index is 1.41. The standard InChI is InChI=1S/C22H21N3O4/c26-21-14-17(8-9-20(21)25(28)29)22(27)24-12-10-23(11-13-24)15-18-6-3-5-16-4-1-2-7-19(16)18/h1-9,14,26H,10-13,15H2. The molecule has 1 N–H and O–H groups in total. The summed E-state index contributed by atoms with van der Waals surface area (Å²) in [6.45, 7) is 3.45. The number of aromatic hydroxyl groups is 1. The van der Waals surface area contributed by atoms with Crippen LogP contribution in [0.4, 0.5) is 5.69 Å². The summed E-state index contributed by atoms with van der Waals surface area (Å²) in [5, 5.41) is 23.1. The van der Waals surface area contributed by atoms with Gasteiger partial charge in [-0.25, -0.2) is 0 Å². The molecule has 0 spiro atoms. The first-order valence-corrected chi connectivity index (χ1v) is 9.48. The van der Waals surface area contributed by atoms with Gasteiger partial charge in [0, 0.05) is 44.4 Å². The van der Waals surface area contributed by atoms with E-state index in [2.05, 4.69) is 35.2 Å². The summed E-state index contributed by atoms with van der Waals surface area (Å²) in [6, 6.07) is 18.4. The summed E-state index contributed by atoms with van der Waals surface area (Å²) < 4.78 is 0. The average Bonchev–Trinajstić information content (AvgIpc) is 2.74. The summed E-state index contributed by atoms with van der Waals surface area (Å²) in [5.41, 5.74) is 1.13. The van der Waals surface area contributed by atoms with Crippen LogP contribution in [0, 0.1) is 10.1 Å². The van der Waals surface area contributed by atoms with Crippen LogP contribution in [-0.4, -0.2) is 51.9 Å². The number of fused-ring (bicyclic) bond motifs is 1. The van der Waals surface area contributed by atoms with Gasteiger partial charge < -0.3 is 10.0 Å². The van der Waals surface area contributed by atoms with Crippen LogP contribution < -0.4 is 0 Å². The Morgan fingerprint density at radius 1 is 1.00 bits per heavy atom. The van der Waals surface area contributed by atoms with Gasteiger partial charge in [-0.3, -0.25) is 19.8 Å². The maximum absolute atomic E-state index is 12.7. The van der Waals surface area contributed by atoms with E-state index in [9.17, 15) is 20.0 Å². The number of rotatable bonds is 4. The fourth-order valence-corrected chi connectivity index (χ4v) is 3.77. The molecule has 3 aromatic rings. The lowest BCUT2D eigenvalue weighted by molar-refractivity contribution is -0.385. The molecule has 4 rings (SSSR count). The summed E-state index contributed by atoms with van der Waals surface area (Å²) in [4.78, 5) is 26.9. The molecule has 7 heteroatoms. The number of carbonyl (C=O) groups excluding carboxylic acids is 1. The number of benzene rings is 3. The molecule has 0 bridgehead atoms.